The Labute approximate surface area is 103 Å². The van der Waals surface area contributed by atoms with Gasteiger partial charge in [0.25, 0.3) is 0 Å². The van der Waals surface area contributed by atoms with E-state index in [1.807, 2.05) is 6.92 Å². The van der Waals surface area contributed by atoms with E-state index in [0.29, 0.717) is 6.42 Å². The molecule has 100 valence electrons. The lowest BCUT2D eigenvalue weighted by atomic mass is 10.2. The molecule has 0 aliphatic rings. The quantitative estimate of drug-likeness (QED) is 0.374. The van der Waals surface area contributed by atoms with Crippen LogP contribution in [0.4, 0.5) is 0 Å². The molecule has 0 spiro atoms. The van der Waals surface area contributed by atoms with Gasteiger partial charge in [0.1, 0.15) is 6.10 Å². The molecular formula is C10H20O6Si. The smallest absolute Gasteiger partial charge is 0.457 e. The SMILES string of the molecule is C=CC(=O)OC(CCC)CO[Si](O)(OC)OC. The largest absolute Gasteiger partial charge is 0.676 e. The summed E-state index contributed by atoms with van der Waals surface area (Å²) in [5, 5.41) is 0. The fraction of sp³-hybridized carbons (Fsp3) is 0.700. The molecule has 0 aliphatic carbocycles. The average Bonchev–Trinajstić information content (AvgIpc) is 2.35. The minimum atomic E-state index is -3.57. The van der Waals surface area contributed by atoms with Gasteiger partial charge in [0, 0.05) is 20.3 Å². The van der Waals surface area contributed by atoms with Crippen molar-refractivity contribution >= 4 is 15.0 Å². The molecule has 0 saturated heterocycles. The minimum Gasteiger partial charge on any atom is -0.457 e. The lowest BCUT2D eigenvalue weighted by molar-refractivity contribution is -0.146. The second kappa shape index (κ2) is 8.37. The highest BCUT2D eigenvalue weighted by Gasteiger charge is 2.39. The zero-order valence-corrected chi connectivity index (χ0v) is 11.5. The zero-order chi connectivity index (χ0) is 13.3. The Bertz CT molecular complexity index is 241. The van der Waals surface area contributed by atoms with E-state index in [9.17, 15) is 9.59 Å². The molecule has 17 heavy (non-hydrogen) atoms. The standard InChI is InChI=1S/C10H20O6Si/c1-5-7-9(16-10(11)6-2)8-15-17(12,13-3)14-4/h6,9,12H,2,5,7-8H2,1,3-4H3. The van der Waals surface area contributed by atoms with Gasteiger partial charge in [-0.05, 0) is 6.42 Å². The Kier molecular flexibility index (Phi) is 8.01. The predicted octanol–water partition coefficient (Wildman–Crippen LogP) is 0.622. The van der Waals surface area contributed by atoms with Gasteiger partial charge in [0.05, 0.1) is 6.61 Å². The van der Waals surface area contributed by atoms with Crippen molar-refractivity contribution in [1.82, 2.24) is 0 Å². The maximum Gasteiger partial charge on any atom is 0.676 e. The summed E-state index contributed by atoms with van der Waals surface area (Å²) in [5.74, 6) is -0.521. The average molecular weight is 264 g/mol. The van der Waals surface area contributed by atoms with Crippen molar-refractivity contribution in [3.8, 4) is 0 Å². The molecule has 0 aromatic heterocycles. The fourth-order valence-corrected chi connectivity index (χ4v) is 1.91. The summed E-state index contributed by atoms with van der Waals surface area (Å²) in [6.07, 6.45) is 2.07. The van der Waals surface area contributed by atoms with Crippen LogP contribution < -0.4 is 0 Å². The number of carbonyl (C=O) groups excluding carboxylic acids is 1. The number of carbonyl (C=O) groups is 1. The van der Waals surface area contributed by atoms with Crippen LogP contribution in [0.25, 0.3) is 0 Å². The molecule has 0 rings (SSSR count). The first kappa shape index (κ1) is 16.3. The van der Waals surface area contributed by atoms with Gasteiger partial charge in [-0.1, -0.05) is 19.9 Å². The predicted molar refractivity (Wildman–Crippen MR) is 62.9 cm³/mol. The van der Waals surface area contributed by atoms with Gasteiger partial charge < -0.3 is 22.8 Å². The summed E-state index contributed by atoms with van der Waals surface area (Å²) < 4.78 is 19.6. The molecule has 1 atom stereocenters. The lowest BCUT2D eigenvalue weighted by Gasteiger charge is -2.22. The van der Waals surface area contributed by atoms with Crippen molar-refractivity contribution < 1.29 is 27.6 Å². The van der Waals surface area contributed by atoms with Gasteiger partial charge in [0.2, 0.25) is 0 Å². The van der Waals surface area contributed by atoms with Gasteiger partial charge in [0.15, 0.2) is 0 Å². The molecule has 0 amide bonds. The number of rotatable bonds is 9. The van der Waals surface area contributed by atoms with Crippen molar-refractivity contribution in [2.45, 2.75) is 25.9 Å². The minimum absolute atomic E-state index is 0.0256. The molecule has 1 N–H and O–H groups in total. The number of hydrogen-bond donors (Lipinski definition) is 1. The van der Waals surface area contributed by atoms with Gasteiger partial charge in [-0.15, -0.1) is 0 Å². The third-order valence-corrected chi connectivity index (χ3v) is 3.59. The van der Waals surface area contributed by atoms with E-state index >= 15 is 0 Å². The molecule has 0 aromatic carbocycles. The summed E-state index contributed by atoms with van der Waals surface area (Å²) in [5.41, 5.74) is 0. The van der Waals surface area contributed by atoms with Crippen molar-refractivity contribution in [2.24, 2.45) is 0 Å². The van der Waals surface area contributed by atoms with E-state index in [1.54, 1.807) is 0 Å². The lowest BCUT2D eigenvalue weighted by Crippen LogP contribution is -2.46. The molecule has 0 saturated carbocycles. The van der Waals surface area contributed by atoms with Crippen molar-refractivity contribution in [1.29, 1.82) is 0 Å². The summed E-state index contributed by atoms with van der Waals surface area (Å²) in [6.45, 7) is 5.28. The Hall–Kier alpha value is -0.733. The molecular weight excluding hydrogens is 244 g/mol. The van der Waals surface area contributed by atoms with Crippen LogP contribution in [0, 0.1) is 0 Å². The third-order valence-electron chi connectivity index (χ3n) is 2.03. The molecule has 0 bridgehead atoms. The van der Waals surface area contributed by atoms with E-state index in [2.05, 4.69) is 6.58 Å². The summed E-state index contributed by atoms with van der Waals surface area (Å²) in [4.78, 5) is 20.7. The van der Waals surface area contributed by atoms with Crippen LogP contribution in [-0.4, -0.2) is 46.7 Å². The highest BCUT2D eigenvalue weighted by molar-refractivity contribution is 6.51. The van der Waals surface area contributed by atoms with E-state index in [-0.39, 0.29) is 6.61 Å². The second-order valence-electron chi connectivity index (χ2n) is 3.29. The molecule has 1 unspecified atom stereocenters. The van der Waals surface area contributed by atoms with Gasteiger partial charge in [-0.2, -0.15) is 0 Å². The Morgan fingerprint density at radius 3 is 2.47 bits per heavy atom. The summed E-state index contributed by atoms with van der Waals surface area (Å²) in [6, 6.07) is 0. The first-order valence-electron chi connectivity index (χ1n) is 5.31. The van der Waals surface area contributed by atoms with Crippen LogP contribution in [0.15, 0.2) is 12.7 Å². The van der Waals surface area contributed by atoms with Crippen molar-refractivity contribution in [3.05, 3.63) is 12.7 Å². The fourth-order valence-electron chi connectivity index (χ4n) is 1.11. The highest BCUT2D eigenvalue weighted by atomic mass is 28.4. The maximum atomic E-state index is 11.1. The molecule has 0 radical (unpaired) electrons. The van der Waals surface area contributed by atoms with Crippen molar-refractivity contribution in [2.75, 3.05) is 20.8 Å². The van der Waals surface area contributed by atoms with Crippen LogP contribution >= 0.6 is 0 Å². The topological polar surface area (TPSA) is 74.2 Å². The Balaban J connectivity index is 4.24. The first-order chi connectivity index (χ1) is 8.01. The Morgan fingerprint density at radius 2 is 2.06 bits per heavy atom. The van der Waals surface area contributed by atoms with Crippen LogP contribution in [0.2, 0.25) is 0 Å². The number of hydrogen-bond acceptors (Lipinski definition) is 6. The molecule has 0 fully saturated rings. The van der Waals surface area contributed by atoms with Crippen LogP contribution in [0.5, 0.6) is 0 Å². The normalized spacial score (nSPS) is 13.2. The van der Waals surface area contributed by atoms with Gasteiger partial charge in [-0.3, -0.25) is 0 Å². The first-order valence-corrected chi connectivity index (χ1v) is 6.98. The van der Waals surface area contributed by atoms with Gasteiger partial charge in [-0.25, -0.2) is 4.79 Å². The van der Waals surface area contributed by atoms with Gasteiger partial charge >= 0.3 is 15.0 Å². The zero-order valence-electron chi connectivity index (χ0n) is 10.5. The van der Waals surface area contributed by atoms with E-state index in [0.717, 1.165) is 12.5 Å². The monoisotopic (exact) mass is 264 g/mol. The van der Waals surface area contributed by atoms with Crippen molar-refractivity contribution in [3.63, 3.8) is 0 Å². The molecule has 6 nitrogen and oxygen atoms in total. The van der Waals surface area contributed by atoms with Crippen LogP contribution in [-0.2, 0) is 22.8 Å². The second-order valence-corrected chi connectivity index (χ2v) is 5.45. The number of esters is 1. The maximum absolute atomic E-state index is 11.1. The van der Waals surface area contributed by atoms with E-state index in [1.165, 1.54) is 14.2 Å². The highest BCUT2D eigenvalue weighted by Crippen LogP contribution is 2.09. The molecule has 0 heterocycles. The Morgan fingerprint density at radius 1 is 1.47 bits per heavy atom. The summed E-state index contributed by atoms with van der Waals surface area (Å²) in [7, 11) is -0.984. The molecule has 7 heteroatoms. The van der Waals surface area contributed by atoms with Crippen LogP contribution in [0.3, 0.4) is 0 Å². The number of ether oxygens (including phenoxy) is 1. The molecule has 0 aliphatic heterocycles. The van der Waals surface area contributed by atoms with Crippen LogP contribution in [0.1, 0.15) is 19.8 Å². The third kappa shape index (κ3) is 6.54. The van der Waals surface area contributed by atoms with E-state index < -0.39 is 21.1 Å². The van der Waals surface area contributed by atoms with E-state index in [4.69, 9.17) is 18.0 Å². The summed E-state index contributed by atoms with van der Waals surface area (Å²) >= 11 is 0. The molecule has 0 aromatic rings.